The van der Waals surface area contributed by atoms with Gasteiger partial charge in [-0.15, -0.1) is 22.7 Å². The van der Waals surface area contributed by atoms with Gasteiger partial charge < -0.3 is 10.1 Å². The molecule has 0 saturated heterocycles. The average molecular weight is 406 g/mol. The smallest absolute Gasteiger partial charge is 0.341 e. The van der Waals surface area contributed by atoms with Crippen molar-refractivity contribution in [2.75, 3.05) is 11.9 Å². The van der Waals surface area contributed by atoms with Gasteiger partial charge in [-0.05, 0) is 54.5 Å². The molecule has 0 saturated carbocycles. The number of ether oxygens (including phenoxy) is 1. The molecular formula is C21H27NO3S2. The minimum absolute atomic E-state index is 0.167. The molecule has 27 heavy (non-hydrogen) atoms. The van der Waals surface area contributed by atoms with Gasteiger partial charge >= 0.3 is 5.97 Å². The first kappa shape index (κ1) is 20.1. The van der Waals surface area contributed by atoms with E-state index in [9.17, 15) is 9.59 Å². The summed E-state index contributed by atoms with van der Waals surface area (Å²) in [6.07, 6.45) is 4.02. The fourth-order valence-electron chi connectivity index (χ4n) is 3.62. The van der Waals surface area contributed by atoms with Crippen molar-refractivity contribution in [3.8, 4) is 0 Å². The van der Waals surface area contributed by atoms with Crippen molar-refractivity contribution in [2.45, 2.75) is 53.4 Å². The number of thiophene rings is 2. The molecule has 3 rings (SSSR count). The first-order valence-electron chi connectivity index (χ1n) is 9.53. The summed E-state index contributed by atoms with van der Waals surface area (Å²) in [4.78, 5) is 27.0. The minimum Gasteiger partial charge on any atom is -0.462 e. The van der Waals surface area contributed by atoms with Crippen LogP contribution >= 0.6 is 22.7 Å². The standard InChI is InChI=1S/C21H27NO3S2/c1-5-21(3,4)13-9-10-14-16(12-13)27-19(17(14)20(24)25-6-2)22-18(23)15-8-7-11-26-15/h7-8,11,13H,5-6,9-10,12H2,1-4H3,(H,22,23)/t13-/m0/s1. The summed E-state index contributed by atoms with van der Waals surface area (Å²) in [5.74, 6) is 0.0915. The molecular weight excluding hydrogens is 378 g/mol. The predicted octanol–water partition coefficient (Wildman–Crippen LogP) is 5.78. The van der Waals surface area contributed by atoms with Crippen LogP contribution in [0.3, 0.4) is 0 Å². The molecule has 2 aromatic rings. The van der Waals surface area contributed by atoms with Gasteiger partial charge in [0.05, 0.1) is 17.0 Å². The van der Waals surface area contributed by atoms with E-state index in [0.29, 0.717) is 28.0 Å². The molecule has 0 spiro atoms. The van der Waals surface area contributed by atoms with Crippen LogP contribution in [0.25, 0.3) is 0 Å². The van der Waals surface area contributed by atoms with Crippen molar-refractivity contribution < 1.29 is 14.3 Å². The molecule has 0 aliphatic heterocycles. The van der Waals surface area contributed by atoms with Gasteiger partial charge in [-0.1, -0.05) is 33.3 Å². The first-order valence-corrected chi connectivity index (χ1v) is 11.2. The Kier molecular flexibility index (Phi) is 6.06. The Morgan fingerprint density at radius 2 is 2.11 bits per heavy atom. The van der Waals surface area contributed by atoms with Crippen LogP contribution in [0.1, 0.15) is 71.0 Å². The van der Waals surface area contributed by atoms with Crippen LogP contribution in [0.5, 0.6) is 0 Å². The van der Waals surface area contributed by atoms with Crippen LogP contribution < -0.4 is 5.32 Å². The maximum absolute atomic E-state index is 12.6. The van der Waals surface area contributed by atoms with Gasteiger partial charge in [0.2, 0.25) is 0 Å². The molecule has 1 aliphatic rings. The lowest BCUT2D eigenvalue weighted by atomic mass is 9.69. The number of esters is 1. The van der Waals surface area contributed by atoms with Crippen LogP contribution in [0.15, 0.2) is 17.5 Å². The second-order valence-electron chi connectivity index (χ2n) is 7.64. The molecule has 146 valence electrons. The zero-order chi connectivity index (χ0) is 19.6. The van der Waals surface area contributed by atoms with Crippen LogP contribution in [0, 0.1) is 11.3 Å². The van der Waals surface area contributed by atoms with Crippen LogP contribution in [0.2, 0.25) is 0 Å². The third kappa shape index (κ3) is 4.11. The highest BCUT2D eigenvalue weighted by atomic mass is 32.1. The third-order valence-electron chi connectivity index (χ3n) is 5.73. The highest BCUT2D eigenvalue weighted by Gasteiger charge is 2.35. The van der Waals surface area contributed by atoms with Gasteiger partial charge in [0.25, 0.3) is 5.91 Å². The summed E-state index contributed by atoms with van der Waals surface area (Å²) in [5.41, 5.74) is 1.91. The number of rotatable bonds is 6. The van der Waals surface area contributed by atoms with E-state index in [4.69, 9.17) is 4.74 Å². The fourth-order valence-corrected chi connectivity index (χ4v) is 5.55. The van der Waals surface area contributed by atoms with Crippen molar-refractivity contribution in [3.05, 3.63) is 38.4 Å². The molecule has 0 aromatic carbocycles. The van der Waals surface area contributed by atoms with Gasteiger partial charge in [-0.3, -0.25) is 4.79 Å². The Morgan fingerprint density at radius 1 is 1.33 bits per heavy atom. The lowest BCUT2D eigenvalue weighted by Gasteiger charge is -2.36. The molecule has 0 unspecified atom stereocenters. The van der Waals surface area contributed by atoms with E-state index >= 15 is 0 Å². The van der Waals surface area contributed by atoms with Crippen LogP contribution in [-0.4, -0.2) is 18.5 Å². The van der Waals surface area contributed by atoms with E-state index in [2.05, 4.69) is 26.1 Å². The molecule has 0 bridgehead atoms. The largest absolute Gasteiger partial charge is 0.462 e. The number of anilines is 1. The van der Waals surface area contributed by atoms with E-state index in [1.165, 1.54) is 16.2 Å². The van der Waals surface area contributed by atoms with E-state index in [0.717, 1.165) is 31.2 Å². The van der Waals surface area contributed by atoms with E-state index in [1.807, 2.05) is 11.4 Å². The molecule has 2 aromatic heterocycles. The first-order chi connectivity index (χ1) is 12.9. The zero-order valence-corrected chi connectivity index (χ0v) is 18.0. The SMILES string of the molecule is CCOC(=O)c1c(NC(=O)c2cccs2)sc2c1CC[C@H](C(C)(C)CC)C2. The summed E-state index contributed by atoms with van der Waals surface area (Å²) in [6.45, 7) is 9.01. The van der Waals surface area contributed by atoms with Gasteiger partial charge in [0, 0.05) is 4.88 Å². The van der Waals surface area contributed by atoms with Crippen molar-refractivity contribution in [2.24, 2.45) is 11.3 Å². The predicted molar refractivity (Wildman–Crippen MR) is 112 cm³/mol. The van der Waals surface area contributed by atoms with Gasteiger partial charge in [-0.25, -0.2) is 4.79 Å². The average Bonchev–Trinajstić information content (AvgIpc) is 3.28. The highest BCUT2D eigenvalue weighted by molar-refractivity contribution is 7.17. The number of amides is 1. The quantitative estimate of drug-likeness (QED) is 0.620. The molecule has 2 heterocycles. The Bertz CT molecular complexity index is 821. The van der Waals surface area contributed by atoms with E-state index < -0.39 is 0 Å². The molecule has 1 atom stereocenters. The maximum atomic E-state index is 12.6. The Morgan fingerprint density at radius 3 is 2.74 bits per heavy atom. The fraction of sp³-hybridized carbons (Fsp3) is 0.524. The lowest BCUT2D eigenvalue weighted by molar-refractivity contribution is 0.0526. The van der Waals surface area contributed by atoms with Crippen molar-refractivity contribution in [3.63, 3.8) is 0 Å². The molecule has 4 nitrogen and oxygen atoms in total. The number of hydrogen-bond donors (Lipinski definition) is 1. The lowest BCUT2D eigenvalue weighted by Crippen LogP contribution is -2.28. The minimum atomic E-state index is -0.329. The second kappa shape index (κ2) is 8.15. The third-order valence-corrected chi connectivity index (χ3v) is 7.77. The molecule has 1 amide bonds. The van der Waals surface area contributed by atoms with Crippen molar-refractivity contribution >= 4 is 39.6 Å². The summed E-state index contributed by atoms with van der Waals surface area (Å²) in [6, 6.07) is 3.64. The van der Waals surface area contributed by atoms with Crippen molar-refractivity contribution in [1.82, 2.24) is 0 Å². The van der Waals surface area contributed by atoms with Gasteiger partial charge in [0.15, 0.2) is 0 Å². The summed E-state index contributed by atoms with van der Waals surface area (Å²) < 4.78 is 5.30. The van der Waals surface area contributed by atoms with E-state index in [-0.39, 0.29) is 17.3 Å². The van der Waals surface area contributed by atoms with E-state index in [1.54, 1.807) is 24.3 Å². The second-order valence-corrected chi connectivity index (χ2v) is 9.69. The van der Waals surface area contributed by atoms with Gasteiger partial charge in [0.1, 0.15) is 5.00 Å². The molecule has 1 N–H and O–H groups in total. The van der Waals surface area contributed by atoms with Gasteiger partial charge in [-0.2, -0.15) is 0 Å². The van der Waals surface area contributed by atoms with Crippen molar-refractivity contribution in [1.29, 1.82) is 0 Å². The number of carbonyl (C=O) groups is 2. The monoisotopic (exact) mass is 405 g/mol. The normalized spacial score (nSPS) is 16.7. The summed E-state index contributed by atoms with van der Waals surface area (Å²) >= 11 is 2.94. The zero-order valence-electron chi connectivity index (χ0n) is 16.4. The number of fused-ring (bicyclic) bond motifs is 1. The molecule has 1 aliphatic carbocycles. The highest BCUT2D eigenvalue weighted by Crippen LogP contribution is 2.45. The molecule has 0 fully saturated rings. The Labute approximate surface area is 168 Å². The molecule has 6 heteroatoms. The number of carbonyl (C=O) groups excluding carboxylic acids is 2. The Hall–Kier alpha value is -1.66. The van der Waals surface area contributed by atoms with Crippen LogP contribution in [0.4, 0.5) is 5.00 Å². The number of hydrogen-bond acceptors (Lipinski definition) is 5. The maximum Gasteiger partial charge on any atom is 0.341 e. The summed E-state index contributed by atoms with van der Waals surface area (Å²) in [5, 5.41) is 5.47. The summed E-state index contributed by atoms with van der Waals surface area (Å²) in [7, 11) is 0. The Balaban J connectivity index is 1.94. The molecule has 0 radical (unpaired) electrons. The van der Waals surface area contributed by atoms with Crippen LogP contribution in [-0.2, 0) is 17.6 Å². The topological polar surface area (TPSA) is 55.4 Å². The number of nitrogens with one attached hydrogen (secondary N) is 1.